The minimum atomic E-state index is 0.0498. The number of hydrogen-bond donors (Lipinski definition) is 0. The monoisotopic (exact) mass is 443 g/mol. The van der Waals surface area contributed by atoms with Gasteiger partial charge in [-0.25, -0.2) is 0 Å². The molecule has 0 saturated carbocycles. The van der Waals surface area contributed by atoms with E-state index in [1.165, 1.54) is 0 Å². The summed E-state index contributed by atoms with van der Waals surface area (Å²) in [5, 5.41) is 0. The first kappa shape index (κ1) is 17.6. The topological polar surface area (TPSA) is 53.1 Å². The van der Waals surface area contributed by atoms with Crippen LogP contribution in [0.15, 0.2) is 24.3 Å². The predicted octanol–water partition coefficient (Wildman–Crippen LogP) is 0.908. The largest absolute Gasteiger partial charge is 0.379 e. The first-order valence-corrected chi connectivity index (χ1v) is 9.34. The Bertz CT molecular complexity index is 596. The number of piperazine rings is 1. The summed E-state index contributed by atoms with van der Waals surface area (Å²) in [4.78, 5) is 30.8. The smallest absolute Gasteiger partial charge is 0.254 e. The SMILES string of the molecule is O=C(CN1CCOCC1)N1CCN(C(=O)c2cccc(I)c2)CC1. The maximum Gasteiger partial charge on any atom is 0.254 e. The number of benzene rings is 1. The highest BCUT2D eigenvalue weighted by Gasteiger charge is 2.26. The quantitative estimate of drug-likeness (QED) is 0.652. The van der Waals surface area contributed by atoms with Gasteiger partial charge in [-0.1, -0.05) is 6.07 Å². The molecule has 2 aliphatic heterocycles. The molecule has 0 N–H and O–H groups in total. The van der Waals surface area contributed by atoms with Gasteiger partial charge in [-0.3, -0.25) is 14.5 Å². The molecular formula is C17H22IN3O3. The number of morpholine rings is 1. The highest BCUT2D eigenvalue weighted by molar-refractivity contribution is 14.1. The van der Waals surface area contributed by atoms with Crippen LogP contribution in [0.1, 0.15) is 10.4 Å². The van der Waals surface area contributed by atoms with Crippen molar-refractivity contribution in [2.24, 2.45) is 0 Å². The Hall–Kier alpha value is -1.19. The molecule has 0 atom stereocenters. The van der Waals surface area contributed by atoms with E-state index in [9.17, 15) is 9.59 Å². The lowest BCUT2D eigenvalue weighted by Gasteiger charge is -2.36. The zero-order chi connectivity index (χ0) is 16.9. The van der Waals surface area contributed by atoms with E-state index in [4.69, 9.17) is 4.74 Å². The van der Waals surface area contributed by atoms with Crippen molar-refractivity contribution in [3.8, 4) is 0 Å². The van der Waals surface area contributed by atoms with Crippen LogP contribution >= 0.6 is 22.6 Å². The van der Waals surface area contributed by atoms with E-state index >= 15 is 0 Å². The van der Waals surface area contributed by atoms with Crippen LogP contribution in [0.4, 0.5) is 0 Å². The van der Waals surface area contributed by atoms with Gasteiger partial charge >= 0.3 is 0 Å². The van der Waals surface area contributed by atoms with Gasteiger partial charge in [0, 0.05) is 48.4 Å². The molecule has 0 radical (unpaired) electrons. The molecule has 0 spiro atoms. The van der Waals surface area contributed by atoms with E-state index in [-0.39, 0.29) is 11.8 Å². The zero-order valence-corrected chi connectivity index (χ0v) is 15.8. The Labute approximate surface area is 155 Å². The molecule has 0 aliphatic carbocycles. The highest BCUT2D eigenvalue weighted by Crippen LogP contribution is 2.12. The molecule has 2 fully saturated rings. The fourth-order valence-electron chi connectivity index (χ4n) is 3.01. The molecule has 24 heavy (non-hydrogen) atoms. The molecule has 2 aliphatic rings. The first-order valence-electron chi connectivity index (χ1n) is 8.26. The van der Waals surface area contributed by atoms with Gasteiger partial charge in [0.2, 0.25) is 5.91 Å². The van der Waals surface area contributed by atoms with E-state index in [0.717, 1.165) is 22.2 Å². The summed E-state index contributed by atoms with van der Waals surface area (Å²) < 4.78 is 6.36. The third-order valence-electron chi connectivity index (χ3n) is 4.45. The van der Waals surface area contributed by atoms with Crippen LogP contribution in [-0.4, -0.2) is 85.5 Å². The van der Waals surface area contributed by atoms with Crippen molar-refractivity contribution in [1.82, 2.24) is 14.7 Å². The Morgan fingerprint density at radius 2 is 1.67 bits per heavy atom. The van der Waals surface area contributed by atoms with E-state index in [1.54, 1.807) is 0 Å². The fraction of sp³-hybridized carbons (Fsp3) is 0.529. The summed E-state index contributed by atoms with van der Waals surface area (Å²) >= 11 is 2.21. The minimum Gasteiger partial charge on any atom is -0.379 e. The van der Waals surface area contributed by atoms with Gasteiger partial charge in [0.1, 0.15) is 0 Å². The number of carbonyl (C=O) groups is 2. The molecule has 6 nitrogen and oxygen atoms in total. The molecule has 2 amide bonds. The van der Waals surface area contributed by atoms with Crippen LogP contribution in [0.3, 0.4) is 0 Å². The van der Waals surface area contributed by atoms with Crippen molar-refractivity contribution >= 4 is 34.4 Å². The summed E-state index contributed by atoms with van der Waals surface area (Å²) in [5.41, 5.74) is 0.718. The normalized spacial score (nSPS) is 19.4. The lowest BCUT2D eigenvalue weighted by Crippen LogP contribution is -2.53. The second kappa shape index (κ2) is 8.26. The number of hydrogen-bond acceptors (Lipinski definition) is 4. The van der Waals surface area contributed by atoms with Crippen molar-refractivity contribution in [1.29, 1.82) is 0 Å². The van der Waals surface area contributed by atoms with E-state index in [0.29, 0.717) is 45.9 Å². The van der Waals surface area contributed by atoms with Gasteiger partial charge in [0.25, 0.3) is 5.91 Å². The maximum atomic E-state index is 12.5. The van der Waals surface area contributed by atoms with Crippen molar-refractivity contribution in [3.63, 3.8) is 0 Å². The van der Waals surface area contributed by atoms with Gasteiger partial charge in [-0.05, 0) is 40.8 Å². The van der Waals surface area contributed by atoms with Crippen LogP contribution in [0, 0.1) is 3.57 Å². The minimum absolute atomic E-state index is 0.0498. The first-order chi connectivity index (χ1) is 11.6. The Balaban J connectivity index is 1.50. The molecule has 130 valence electrons. The van der Waals surface area contributed by atoms with Crippen LogP contribution in [0.2, 0.25) is 0 Å². The second-order valence-corrected chi connectivity index (χ2v) is 7.32. The van der Waals surface area contributed by atoms with Crippen molar-refractivity contribution in [3.05, 3.63) is 33.4 Å². The number of nitrogens with zero attached hydrogens (tertiary/aromatic N) is 3. The van der Waals surface area contributed by atoms with E-state index in [1.807, 2.05) is 34.1 Å². The van der Waals surface area contributed by atoms with Gasteiger partial charge in [0.15, 0.2) is 0 Å². The molecule has 1 aromatic carbocycles. The molecule has 2 heterocycles. The Kier molecular flexibility index (Phi) is 6.07. The summed E-state index contributed by atoms with van der Waals surface area (Å²) in [6, 6.07) is 7.62. The van der Waals surface area contributed by atoms with Crippen LogP contribution in [0.25, 0.3) is 0 Å². The number of halogens is 1. The highest BCUT2D eigenvalue weighted by atomic mass is 127. The average molecular weight is 443 g/mol. The summed E-state index contributed by atoms with van der Waals surface area (Å²) in [6.45, 7) is 5.90. The zero-order valence-electron chi connectivity index (χ0n) is 13.6. The second-order valence-electron chi connectivity index (χ2n) is 6.07. The Morgan fingerprint density at radius 1 is 1.00 bits per heavy atom. The van der Waals surface area contributed by atoms with E-state index < -0.39 is 0 Å². The van der Waals surface area contributed by atoms with Gasteiger partial charge in [-0.15, -0.1) is 0 Å². The lowest BCUT2D eigenvalue weighted by atomic mass is 10.2. The summed E-state index contributed by atoms with van der Waals surface area (Å²) in [6.07, 6.45) is 0. The Morgan fingerprint density at radius 3 is 2.33 bits per heavy atom. The number of amides is 2. The molecule has 0 bridgehead atoms. The standard InChI is InChI=1S/C17H22IN3O3/c18-15-3-1-2-14(12-15)17(23)21-6-4-20(5-7-21)16(22)13-19-8-10-24-11-9-19/h1-3,12H,4-11,13H2. The van der Waals surface area contributed by atoms with Crippen molar-refractivity contribution in [2.75, 3.05) is 59.0 Å². The van der Waals surface area contributed by atoms with Crippen LogP contribution in [0.5, 0.6) is 0 Å². The third kappa shape index (κ3) is 4.46. The molecule has 2 saturated heterocycles. The molecule has 0 unspecified atom stereocenters. The van der Waals surface area contributed by atoms with Gasteiger partial charge < -0.3 is 14.5 Å². The van der Waals surface area contributed by atoms with Crippen LogP contribution in [-0.2, 0) is 9.53 Å². The van der Waals surface area contributed by atoms with Gasteiger partial charge in [-0.2, -0.15) is 0 Å². The molecule has 7 heteroatoms. The van der Waals surface area contributed by atoms with Crippen LogP contribution < -0.4 is 0 Å². The number of ether oxygens (including phenoxy) is 1. The maximum absolute atomic E-state index is 12.5. The predicted molar refractivity (Wildman–Crippen MR) is 98.9 cm³/mol. The molecule has 1 aromatic rings. The van der Waals surface area contributed by atoms with Gasteiger partial charge in [0.05, 0.1) is 19.8 Å². The summed E-state index contributed by atoms with van der Waals surface area (Å²) in [5.74, 6) is 0.201. The number of carbonyl (C=O) groups excluding carboxylic acids is 2. The summed E-state index contributed by atoms with van der Waals surface area (Å²) in [7, 11) is 0. The third-order valence-corrected chi connectivity index (χ3v) is 5.12. The van der Waals surface area contributed by atoms with E-state index in [2.05, 4.69) is 27.5 Å². The fourth-order valence-corrected chi connectivity index (χ4v) is 3.56. The van der Waals surface area contributed by atoms with Crippen molar-refractivity contribution < 1.29 is 14.3 Å². The lowest BCUT2D eigenvalue weighted by molar-refractivity contribution is -0.134. The van der Waals surface area contributed by atoms with Crippen molar-refractivity contribution in [2.45, 2.75) is 0 Å². The number of rotatable bonds is 3. The molecular weight excluding hydrogens is 421 g/mol. The molecule has 0 aromatic heterocycles. The average Bonchev–Trinajstić information content (AvgIpc) is 2.62. The molecule has 3 rings (SSSR count).